The lowest BCUT2D eigenvalue weighted by molar-refractivity contribution is -0.274. The van der Waals surface area contributed by atoms with Crippen LogP contribution in [0.15, 0.2) is 53.3 Å². The molecule has 1 aliphatic carbocycles. The summed E-state index contributed by atoms with van der Waals surface area (Å²) in [6.45, 7) is 3.21. The van der Waals surface area contributed by atoms with Crippen LogP contribution >= 0.6 is 0 Å². The smallest absolute Gasteiger partial charge is 0.405 e. The number of alkyl halides is 3. The largest absolute Gasteiger partial charge is 0.573 e. The first kappa shape index (κ1) is 27.9. The van der Waals surface area contributed by atoms with Gasteiger partial charge in [0.1, 0.15) is 11.6 Å². The van der Waals surface area contributed by atoms with Gasteiger partial charge in [-0.3, -0.25) is 15.2 Å². The normalized spacial score (nSPS) is 13.2. The number of nitrogens with one attached hydrogen (secondary N) is 4. The SMILES string of the molecule is CCc1ccc(OC(F)(F)F)c(CNC(=O)Nc2c(C)c(=O)[nH]n2-c2ccccc2)c1.CNC1CCC1. The molecule has 1 saturated carbocycles. The van der Waals surface area contributed by atoms with Gasteiger partial charge in [-0.1, -0.05) is 43.7 Å². The Kier molecular flexibility index (Phi) is 9.40. The van der Waals surface area contributed by atoms with E-state index in [-0.39, 0.29) is 34.8 Å². The molecule has 1 heterocycles. The Balaban J connectivity index is 0.000000555. The number of nitrogens with zero attached hydrogens (tertiary/aromatic N) is 1. The van der Waals surface area contributed by atoms with Crippen LogP contribution in [0.4, 0.5) is 23.8 Å². The lowest BCUT2D eigenvalue weighted by Gasteiger charge is -2.23. The maximum Gasteiger partial charge on any atom is 0.573 e. The molecular formula is C26H32F3N5O3. The van der Waals surface area contributed by atoms with Crippen LogP contribution in [0.5, 0.6) is 5.75 Å². The molecule has 0 bridgehead atoms. The van der Waals surface area contributed by atoms with Gasteiger partial charge in [0.2, 0.25) is 0 Å². The first-order valence-corrected chi connectivity index (χ1v) is 12.1. The number of hydrogen-bond donors (Lipinski definition) is 4. The quantitative estimate of drug-likeness (QED) is 0.352. The Morgan fingerprint density at radius 1 is 1.16 bits per heavy atom. The van der Waals surface area contributed by atoms with Gasteiger partial charge < -0.3 is 15.4 Å². The summed E-state index contributed by atoms with van der Waals surface area (Å²) in [5.74, 6) is -0.160. The van der Waals surface area contributed by atoms with Gasteiger partial charge in [-0.25, -0.2) is 9.48 Å². The zero-order valence-corrected chi connectivity index (χ0v) is 21.0. The van der Waals surface area contributed by atoms with Gasteiger partial charge in [-0.15, -0.1) is 13.2 Å². The van der Waals surface area contributed by atoms with Crippen molar-refractivity contribution in [3.05, 3.63) is 75.6 Å². The van der Waals surface area contributed by atoms with Crippen molar-refractivity contribution in [1.82, 2.24) is 20.4 Å². The number of halogens is 3. The van der Waals surface area contributed by atoms with Crippen molar-refractivity contribution in [3.8, 4) is 11.4 Å². The maximum absolute atomic E-state index is 12.7. The third-order valence-electron chi connectivity index (χ3n) is 6.09. The lowest BCUT2D eigenvalue weighted by atomic mass is 9.94. The monoisotopic (exact) mass is 519 g/mol. The predicted octanol–water partition coefficient (Wildman–Crippen LogP) is 5.02. The van der Waals surface area contributed by atoms with Gasteiger partial charge in [0.25, 0.3) is 5.56 Å². The molecule has 11 heteroatoms. The molecule has 4 N–H and O–H groups in total. The van der Waals surface area contributed by atoms with Crippen LogP contribution < -0.4 is 26.2 Å². The van der Waals surface area contributed by atoms with Gasteiger partial charge in [0.05, 0.1) is 11.3 Å². The Bertz CT molecular complexity index is 1230. The van der Waals surface area contributed by atoms with Crippen molar-refractivity contribution in [2.24, 2.45) is 0 Å². The van der Waals surface area contributed by atoms with E-state index in [2.05, 4.69) is 25.8 Å². The molecule has 0 unspecified atom stereocenters. The third-order valence-corrected chi connectivity index (χ3v) is 6.09. The summed E-state index contributed by atoms with van der Waals surface area (Å²) in [7, 11) is 2.03. The standard InChI is InChI=1S/C21H21F3N4O3.C5H11N/c1-3-14-9-10-17(31-21(22,23)24)15(11-14)12-25-20(30)26-18-13(2)19(29)27-28(18)16-7-5-4-6-8-16;1-6-5-3-2-4-5/h4-11H,3,12H2,1-2H3,(H,27,29)(H2,25,26,30);5-6H,2-4H2,1H3. The van der Waals surface area contributed by atoms with Gasteiger partial charge >= 0.3 is 12.4 Å². The van der Waals surface area contributed by atoms with Crippen LogP contribution in [-0.4, -0.2) is 35.3 Å². The molecule has 3 aromatic rings. The number of rotatable bonds is 7. The molecule has 2 amide bonds. The molecule has 0 saturated heterocycles. The zero-order chi connectivity index (χ0) is 27.0. The Labute approximate surface area is 213 Å². The molecule has 4 rings (SSSR count). The van der Waals surface area contributed by atoms with Gasteiger partial charge in [0, 0.05) is 18.2 Å². The van der Waals surface area contributed by atoms with Gasteiger partial charge in [-0.05, 0) is 57.0 Å². The Hall–Kier alpha value is -3.73. The van der Waals surface area contributed by atoms with Crippen molar-refractivity contribution in [2.75, 3.05) is 12.4 Å². The third kappa shape index (κ3) is 7.88. The fourth-order valence-corrected chi connectivity index (χ4v) is 3.68. The lowest BCUT2D eigenvalue weighted by Crippen LogP contribution is -2.31. The number of anilines is 1. The molecule has 8 nitrogen and oxygen atoms in total. The van der Waals surface area contributed by atoms with E-state index in [9.17, 15) is 22.8 Å². The molecule has 2 aromatic carbocycles. The number of amides is 2. The number of aromatic amines is 1. The van der Waals surface area contributed by atoms with Gasteiger partial charge in [0.15, 0.2) is 0 Å². The van der Waals surface area contributed by atoms with Crippen molar-refractivity contribution in [2.45, 2.75) is 58.5 Å². The molecule has 1 aliphatic rings. The molecule has 0 spiro atoms. The molecule has 37 heavy (non-hydrogen) atoms. The Morgan fingerprint density at radius 3 is 2.41 bits per heavy atom. The second kappa shape index (κ2) is 12.5. The Morgan fingerprint density at radius 2 is 1.86 bits per heavy atom. The van der Waals surface area contributed by atoms with E-state index in [1.165, 1.54) is 36.1 Å². The van der Waals surface area contributed by atoms with Crippen molar-refractivity contribution in [1.29, 1.82) is 0 Å². The molecule has 1 aromatic heterocycles. The summed E-state index contributed by atoms with van der Waals surface area (Å²) in [4.78, 5) is 24.5. The fraction of sp³-hybridized carbons (Fsp3) is 0.385. The number of H-pyrrole nitrogens is 1. The fourth-order valence-electron chi connectivity index (χ4n) is 3.68. The average Bonchev–Trinajstić information content (AvgIpc) is 3.11. The first-order chi connectivity index (χ1) is 17.6. The second-order valence-electron chi connectivity index (χ2n) is 8.65. The highest BCUT2D eigenvalue weighted by Gasteiger charge is 2.32. The van der Waals surface area contributed by atoms with E-state index in [1.54, 1.807) is 37.3 Å². The number of aromatic nitrogens is 2. The highest BCUT2D eigenvalue weighted by molar-refractivity contribution is 5.89. The van der Waals surface area contributed by atoms with E-state index >= 15 is 0 Å². The highest BCUT2D eigenvalue weighted by Crippen LogP contribution is 2.27. The summed E-state index contributed by atoms with van der Waals surface area (Å²) in [5, 5.41) is 10.9. The molecular weight excluding hydrogens is 487 g/mol. The van der Waals surface area contributed by atoms with Crippen LogP contribution in [0.25, 0.3) is 5.69 Å². The van der Waals surface area contributed by atoms with E-state index < -0.39 is 12.4 Å². The number of carbonyl (C=O) groups excluding carboxylic acids is 1. The van der Waals surface area contributed by atoms with E-state index in [0.29, 0.717) is 12.1 Å². The topological polar surface area (TPSA) is 100 Å². The minimum absolute atomic E-state index is 0.179. The summed E-state index contributed by atoms with van der Waals surface area (Å²) in [6, 6.07) is 13.3. The van der Waals surface area contributed by atoms with Crippen LogP contribution in [0.3, 0.4) is 0 Å². The summed E-state index contributed by atoms with van der Waals surface area (Å²) < 4.78 is 43.5. The van der Waals surface area contributed by atoms with Crippen molar-refractivity contribution in [3.63, 3.8) is 0 Å². The molecule has 0 radical (unpaired) electrons. The second-order valence-corrected chi connectivity index (χ2v) is 8.65. The van der Waals surface area contributed by atoms with E-state index in [0.717, 1.165) is 11.6 Å². The molecule has 0 atom stereocenters. The van der Waals surface area contributed by atoms with Crippen LogP contribution in [0, 0.1) is 6.92 Å². The number of para-hydroxylation sites is 1. The number of hydrogen-bond acceptors (Lipinski definition) is 4. The van der Waals surface area contributed by atoms with Crippen LogP contribution in [0.1, 0.15) is 42.9 Å². The molecule has 0 aliphatic heterocycles. The van der Waals surface area contributed by atoms with Gasteiger partial charge in [-0.2, -0.15) is 0 Å². The number of urea groups is 1. The minimum atomic E-state index is -4.85. The van der Waals surface area contributed by atoms with Crippen molar-refractivity contribution >= 4 is 11.8 Å². The summed E-state index contributed by atoms with van der Waals surface area (Å²) in [6.07, 6.45) is -0.00533. The van der Waals surface area contributed by atoms with E-state index in [1.807, 2.05) is 20.0 Å². The maximum atomic E-state index is 12.7. The predicted molar refractivity (Wildman–Crippen MR) is 136 cm³/mol. The number of aryl methyl sites for hydroxylation is 1. The molecule has 200 valence electrons. The summed E-state index contributed by atoms with van der Waals surface area (Å²) >= 11 is 0. The number of benzene rings is 2. The average molecular weight is 520 g/mol. The van der Waals surface area contributed by atoms with Crippen molar-refractivity contribution < 1.29 is 22.7 Å². The molecule has 1 fully saturated rings. The number of carbonyl (C=O) groups is 1. The van der Waals surface area contributed by atoms with Crippen LogP contribution in [0.2, 0.25) is 0 Å². The minimum Gasteiger partial charge on any atom is -0.405 e. The number of ether oxygens (including phenoxy) is 1. The van der Waals surface area contributed by atoms with Crippen LogP contribution in [-0.2, 0) is 13.0 Å². The summed E-state index contributed by atoms with van der Waals surface area (Å²) in [5.41, 5.74) is 1.51. The highest BCUT2D eigenvalue weighted by atomic mass is 19.4. The first-order valence-electron chi connectivity index (χ1n) is 12.1. The van der Waals surface area contributed by atoms with E-state index in [4.69, 9.17) is 0 Å². The zero-order valence-electron chi connectivity index (χ0n) is 21.0.